The van der Waals surface area contributed by atoms with Gasteiger partial charge in [0.05, 0.1) is 42.1 Å². The van der Waals surface area contributed by atoms with E-state index in [0.29, 0.717) is 30.7 Å². The fourth-order valence-electron chi connectivity index (χ4n) is 6.91. The van der Waals surface area contributed by atoms with Crippen LogP contribution in [0.3, 0.4) is 0 Å². The van der Waals surface area contributed by atoms with Crippen LogP contribution in [0.2, 0.25) is 4.34 Å². The number of aromatic hydroxyl groups is 2. The summed E-state index contributed by atoms with van der Waals surface area (Å²) in [5.41, 5.74) is 4.74. The number of oxime groups is 1. The van der Waals surface area contributed by atoms with Crippen molar-refractivity contribution in [3.63, 3.8) is 0 Å². The number of likely N-dealkylation sites (tertiary alicyclic amines) is 1. The maximum atomic E-state index is 13.7. The number of carbonyl (C=O) groups excluding carboxylic acids is 3. The molecule has 0 saturated carbocycles. The number of quaternary nitrogens is 1. The molecule has 23 heteroatoms. The minimum Gasteiger partial charge on any atom is -0.543 e. The Bertz CT molecular complexity index is 2250. The minimum absolute atomic E-state index is 0.101. The fraction of sp³-hybridized carbons (Fsp3) is 0.406. The molecule has 2 fully saturated rings. The number of fused-ring (bicyclic) bond motifs is 2. The van der Waals surface area contributed by atoms with Crippen LogP contribution < -0.4 is 21.6 Å². The highest BCUT2D eigenvalue weighted by molar-refractivity contribution is 8.00. The second-order valence-electron chi connectivity index (χ2n) is 13.0. The van der Waals surface area contributed by atoms with Gasteiger partial charge in [0.1, 0.15) is 34.5 Å². The molecule has 2 amide bonds. The monoisotopic (exact) mass is 820 g/mol. The van der Waals surface area contributed by atoms with Gasteiger partial charge in [-0.05, 0) is 13.0 Å². The SMILES string of the molecule is CCn1nc(C[N+]2(CC3=C(C(=O)[O-])N4C(=O)[C@@H](NC(=O)/C(=N\O[C@@H](CC(=O)O)C(=O)O)c5nc(N)sc5Cl)[C@H]4SC3)CCCC2)c(=O)c2cc(O)c(O)cc21. The van der Waals surface area contributed by atoms with Crippen molar-refractivity contribution < 1.29 is 58.8 Å². The average Bonchev–Trinajstić information content (AvgIpc) is 3.72. The van der Waals surface area contributed by atoms with E-state index in [1.165, 1.54) is 28.6 Å². The Balaban J connectivity index is 1.26. The number of carbonyl (C=O) groups is 5. The van der Waals surface area contributed by atoms with Crippen LogP contribution in [0.25, 0.3) is 10.9 Å². The summed E-state index contributed by atoms with van der Waals surface area (Å²) in [7, 11) is 0. The normalized spacial score (nSPS) is 19.9. The van der Waals surface area contributed by atoms with Gasteiger partial charge in [0.25, 0.3) is 11.8 Å². The number of carboxylic acids is 3. The molecule has 7 N–H and O–H groups in total. The van der Waals surface area contributed by atoms with Crippen LogP contribution in [-0.2, 0) is 41.9 Å². The summed E-state index contributed by atoms with van der Waals surface area (Å²) in [6, 6.07) is 1.15. The summed E-state index contributed by atoms with van der Waals surface area (Å²) in [5, 5.41) is 61.0. The van der Waals surface area contributed by atoms with Gasteiger partial charge < -0.3 is 50.7 Å². The summed E-state index contributed by atoms with van der Waals surface area (Å²) in [6.45, 7) is 3.54. The van der Waals surface area contributed by atoms with Gasteiger partial charge in [0.15, 0.2) is 28.0 Å². The molecule has 2 aromatic heterocycles. The first kappa shape index (κ1) is 39.2. The number of β-lactam (4-membered cyclic amide) rings is 1. The number of rotatable bonds is 14. The number of nitrogens with one attached hydrogen (secondary N) is 1. The Hall–Kier alpha value is -5.45. The lowest BCUT2D eigenvalue weighted by Crippen LogP contribution is -2.72. The van der Waals surface area contributed by atoms with Crippen molar-refractivity contribution in [2.45, 2.75) is 56.8 Å². The van der Waals surface area contributed by atoms with Gasteiger partial charge in [0.2, 0.25) is 11.5 Å². The van der Waals surface area contributed by atoms with Crippen LogP contribution in [0, 0.1) is 0 Å². The third-order valence-corrected chi connectivity index (χ3v) is 11.8. The maximum absolute atomic E-state index is 13.7. The van der Waals surface area contributed by atoms with Crippen LogP contribution in [0.1, 0.15) is 37.6 Å². The van der Waals surface area contributed by atoms with E-state index in [1.807, 2.05) is 0 Å². The lowest BCUT2D eigenvalue weighted by molar-refractivity contribution is -0.925. The van der Waals surface area contributed by atoms with Crippen LogP contribution >= 0.6 is 34.7 Å². The van der Waals surface area contributed by atoms with Crippen molar-refractivity contribution in [1.82, 2.24) is 25.0 Å². The molecule has 55 heavy (non-hydrogen) atoms. The van der Waals surface area contributed by atoms with E-state index in [-0.39, 0.29) is 55.3 Å². The number of phenolic OH excluding ortho intramolecular Hbond substituents is 2. The number of nitrogen functional groups attached to an aromatic ring is 1. The standard InChI is InChI=1S/C32H33ClN8O12S2/c1-2-39-16-8-18(43)17(42)7-14(16)25(46)15(37-39)11-41(5-3-4-6-41)10-13-12-54-29-23(28(48)40(29)24(13)31(51)52)35-27(47)22(21-26(33)55-32(34)36-21)38-53-19(30(49)50)9-20(44)45/h7-8,19,23,29H,2-6,9-12H2,1H3,(H7-,34,35,36,37,38,42,43,44,45,46,47,49,50,51,52)/t19-,23+,29+/m0/s1. The molecular weight excluding hydrogens is 788 g/mol. The lowest BCUT2D eigenvalue weighted by atomic mass is 10.0. The number of hydrogen-bond donors (Lipinski definition) is 6. The highest BCUT2D eigenvalue weighted by Crippen LogP contribution is 2.42. The van der Waals surface area contributed by atoms with Crippen LogP contribution in [0.15, 0.2) is 33.4 Å². The summed E-state index contributed by atoms with van der Waals surface area (Å²) in [6.07, 6.45) is -1.47. The van der Waals surface area contributed by atoms with Crippen molar-refractivity contribution >= 4 is 86.2 Å². The van der Waals surface area contributed by atoms with Crippen molar-refractivity contribution in [2.24, 2.45) is 5.16 Å². The first-order valence-corrected chi connectivity index (χ1v) is 18.9. The second kappa shape index (κ2) is 15.4. The molecule has 3 aliphatic heterocycles. The molecule has 0 aliphatic carbocycles. The highest BCUT2D eigenvalue weighted by atomic mass is 35.5. The molecule has 20 nitrogen and oxygen atoms in total. The summed E-state index contributed by atoms with van der Waals surface area (Å²) in [4.78, 5) is 86.0. The summed E-state index contributed by atoms with van der Waals surface area (Å²) < 4.78 is 1.64. The third kappa shape index (κ3) is 7.61. The van der Waals surface area contributed by atoms with Crippen LogP contribution in [-0.4, -0.2) is 123 Å². The van der Waals surface area contributed by atoms with Gasteiger partial charge in [-0.1, -0.05) is 28.1 Å². The van der Waals surface area contributed by atoms with E-state index < -0.39 is 76.3 Å². The number of amides is 2. The molecule has 1 aromatic carbocycles. The number of aliphatic carboxylic acids is 3. The fourth-order valence-corrected chi connectivity index (χ4v) is 9.17. The molecule has 0 bridgehead atoms. The number of nitrogens with two attached hydrogens (primary N) is 1. The molecule has 0 radical (unpaired) electrons. The van der Waals surface area contributed by atoms with Crippen molar-refractivity contribution in [2.75, 3.05) is 31.1 Å². The molecule has 292 valence electrons. The first-order valence-electron chi connectivity index (χ1n) is 16.6. The molecule has 3 aromatic rings. The van der Waals surface area contributed by atoms with Gasteiger partial charge >= 0.3 is 11.9 Å². The highest BCUT2D eigenvalue weighted by Gasteiger charge is 2.54. The van der Waals surface area contributed by atoms with E-state index in [1.54, 1.807) is 6.92 Å². The number of aryl methyl sites for hydroxylation is 1. The van der Waals surface area contributed by atoms with E-state index in [4.69, 9.17) is 27.3 Å². The predicted molar refractivity (Wildman–Crippen MR) is 193 cm³/mol. The van der Waals surface area contributed by atoms with Crippen LogP contribution in [0.5, 0.6) is 11.5 Å². The second-order valence-corrected chi connectivity index (χ2v) is 15.7. The Morgan fingerprint density at radius 1 is 1.16 bits per heavy atom. The van der Waals surface area contributed by atoms with Gasteiger partial charge in [0, 0.05) is 36.8 Å². The number of hydrogen-bond acceptors (Lipinski definition) is 16. The number of thiazole rings is 1. The van der Waals surface area contributed by atoms with Crippen molar-refractivity contribution in [1.29, 1.82) is 0 Å². The van der Waals surface area contributed by atoms with Crippen molar-refractivity contribution in [3.05, 3.63) is 49.4 Å². The first-order chi connectivity index (χ1) is 26.0. The largest absolute Gasteiger partial charge is 0.543 e. The molecule has 0 unspecified atom stereocenters. The van der Waals surface area contributed by atoms with Gasteiger partial charge in [-0.25, -0.2) is 9.78 Å². The van der Waals surface area contributed by atoms with E-state index >= 15 is 0 Å². The number of halogens is 1. The molecule has 6 rings (SSSR count). The number of phenols is 2. The smallest absolute Gasteiger partial charge is 0.348 e. The topological polar surface area (TPSA) is 300 Å². The van der Waals surface area contributed by atoms with Gasteiger partial charge in [-0.3, -0.25) is 28.8 Å². The Kier molecular flexibility index (Phi) is 11.0. The number of anilines is 1. The average molecular weight is 821 g/mol. The third-order valence-electron chi connectivity index (χ3n) is 9.42. The molecule has 3 atom stereocenters. The van der Waals surface area contributed by atoms with E-state index in [0.717, 1.165) is 29.1 Å². The molecular formula is C32H33ClN8O12S2. The number of thioether (sulfide) groups is 1. The summed E-state index contributed by atoms with van der Waals surface area (Å²) >= 11 is 8.10. The Labute approximate surface area is 323 Å². The predicted octanol–water partition coefficient (Wildman–Crippen LogP) is -0.617. The zero-order valence-electron chi connectivity index (χ0n) is 28.8. The Morgan fingerprint density at radius 3 is 2.45 bits per heavy atom. The summed E-state index contributed by atoms with van der Waals surface area (Å²) in [5.74, 6) is -7.53. The van der Waals surface area contributed by atoms with E-state index in [2.05, 4.69) is 20.6 Å². The molecule has 5 heterocycles. The van der Waals surface area contributed by atoms with Crippen molar-refractivity contribution in [3.8, 4) is 11.5 Å². The molecule has 2 saturated heterocycles. The van der Waals surface area contributed by atoms with Crippen LogP contribution in [0.4, 0.5) is 5.13 Å². The van der Waals surface area contributed by atoms with Gasteiger partial charge in [-0.15, -0.1) is 11.8 Å². The van der Waals surface area contributed by atoms with Gasteiger partial charge in [-0.2, -0.15) is 5.10 Å². The number of carboxylic acid groups (broad SMARTS) is 3. The Morgan fingerprint density at radius 2 is 1.85 bits per heavy atom. The lowest BCUT2D eigenvalue weighted by Gasteiger charge is -2.51. The maximum Gasteiger partial charge on any atom is 0.348 e. The number of aromatic nitrogens is 3. The minimum atomic E-state index is -2.01. The van der Waals surface area contributed by atoms with E-state index in [9.17, 15) is 49.2 Å². The number of benzene rings is 1. The number of nitrogens with zero attached hydrogens (tertiary/aromatic N) is 6. The molecule has 3 aliphatic rings. The zero-order valence-corrected chi connectivity index (χ0v) is 31.1. The zero-order chi connectivity index (χ0) is 39.9. The molecule has 0 spiro atoms. The quantitative estimate of drug-likeness (QED) is 0.0388.